The number of rotatable bonds is 7. The van der Waals surface area contributed by atoms with Gasteiger partial charge in [-0.2, -0.15) is 0 Å². The quantitative estimate of drug-likeness (QED) is 0.613. The summed E-state index contributed by atoms with van der Waals surface area (Å²) in [5.41, 5.74) is 0.175. The van der Waals surface area contributed by atoms with Crippen LogP contribution in [0.2, 0.25) is 0 Å². The first kappa shape index (κ1) is 19.6. The van der Waals surface area contributed by atoms with E-state index in [1.165, 1.54) is 28.0 Å². The molecule has 0 unspecified atom stereocenters. The third-order valence-electron chi connectivity index (χ3n) is 3.96. The van der Waals surface area contributed by atoms with Crippen LogP contribution in [0.1, 0.15) is 45.4 Å². The van der Waals surface area contributed by atoms with E-state index in [-0.39, 0.29) is 24.5 Å². The number of aromatic nitrogens is 1. The molecular formula is C20H20N2O5S. The standard InChI is InChI=1S/C20H20N2O5S/c1-3-14-11-15(20(25)26-4-2)19(28-14)21-18(24)16-9-8-13(27-16)12-22-10-6-5-7-17(22)23/h5-11H,3-4,12H2,1-2H3,(H,21,24). The minimum atomic E-state index is -0.475. The zero-order valence-corrected chi connectivity index (χ0v) is 16.4. The van der Waals surface area contributed by atoms with E-state index in [0.717, 1.165) is 11.3 Å². The minimum absolute atomic E-state index is 0.0974. The summed E-state index contributed by atoms with van der Waals surface area (Å²) in [4.78, 5) is 37.4. The van der Waals surface area contributed by atoms with Crippen molar-refractivity contribution in [2.45, 2.75) is 26.8 Å². The Bertz CT molecular complexity index is 1050. The molecule has 1 N–H and O–H groups in total. The highest BCUT2D eigenvalue weighted by Gasteiger charge is 2.20. The molecule has 0 aliphatic rings. The van der Waals surface area contributed by atoms with E-state index in [1.807, 2.05) is 6.92 Å². The van der Waals surface area contributed by atoms with Crippen LogP contribution in [0.5, 0.6) is 0 Å². The Morgan fingerprint density at radius 3 is 2.75 bits per heavy atom. The molecule has 0 saturated carbocycles. The molecule has 3 aromatic heterocycles. The Hall–Kier alpha value is -3.13. The second-order valence-corrected chi connectivity index (χ2v) is 7.05. The second-order valence-electron chi connectivity index (χ2n) is 5.92. The van der Waals surface area contributed by atoms with Crippen molar-refractivity contribution in [3.63, 3.8) is 0 Å². The topological polar surface area (TPSA) is 90.5 Å². The molecule has 7 nitrogen and oxygen atoms in total. The van der Waals surface area contributed by atoms with Gasteiger partial charge in [0.1, 0.15) is 10.8 Å². The predicted octanol–water partition coefficient (Wildman–Crippen LogP) is 3.54. The molecule has 8 heteroatoms. The van der Waals surface area contributed by atoms with Crippen LogP contribution in [-0.2, 0) is 17.7 Å². The van der Waals surface area contributed by atoms with Crippen molar-refractivity contribution < 1.29 is 18.7 Å². The molecular weight excluding hydrogens is 380 g/mol. The van der Waals surface area contributed by atoms with Crippen molar-refractivity contribution in [3.05, 3.63) is 74.9 Å². The van der Waals surface area contributed by atoms with Gasteiger partial charge in [-0.15, -0.1) is 11.3 Å². The fraction of sp³-hybridized carbons (Fsp3) is 0.250. The monoisotopic (exact) mass is 400 g/mol. The summed E-state index contributed by atoms with van der Waals surface area (Å²) in [6.07, 6.45) is 2.39. The van der Waals surface area contributed by atoms with Gasteiger partial charge in [-0.25, -0.2) is 4.79 Å². The summed E-state index contributed by atoms with van der Waals surface area (Å²) >= 11 is 1.33. The summed E-state index contributed by atoms with van der Waals surface area (Å²) in [6, 6.07) is 9.77. The lowest BCUT2D eigenvalue weighted by Gasteiger charge is -2.05. The van der Waals surface area contributed by atoms with E-state index in [0.29, 0.717) is 16.3 Å². The first-order valence-electron chi connectivity index (χ1n) is 8.87. The van der Waals surface area contributed by atoms with E-state index in [1.54, 1.807) is 37.4 Å². The zero-order valence-electron chi connectivity index (χ0n) is 15.6. The molecule has 0 atom stereocenters. The number of amides is 1. The number of furan rings is 1. The number of pyridine rings is 1. The van der Waals surface area contributed by atoms with Crippen molar-refractivity contribution in [3.8, 4) is 0 Å². The van der Waals surface area contributed by atoms with Crippen LogP contribution in [0.3, 0.4) is 0 Å². The van der Waals surface area contributed by atoms with Gasteiger partial charge >= 0.3 is 5.97 Å². The van der Waals surface area contributed by atoms with Crippen molar-refractivity contribution in [2.24, 2.45) is 0 Å². The fourth-order valence-corrected chi connectivity index (χ4v) is 3.56. The van der Waals surface area contributed by atoms with E-state index in [9.17, 15) is 14.4 Å². The first-order valence-corrected chi connectivity index (χ1v) is 9.68. The number of aryl methyl sites for hydroxylation is 1. The van der Waals surface area contributed by atoms with Crippen molar-refractivity contribution >= 4 is 28.2 Å². The normalized spacial score (nSPS) is 10.6. The largest absolute Gasteiger partial charge is 0.462 e. The van der Waals surface area contributed by atoms with Gasteiger partial charge in [0, 0.05) is 17.1 Å². The molecule has 0 aromatic carbocycles. The average molecular weight is 400 g/mol. The maximum absolute atomic E-state index is 12.6. The SMILES string of the molecule is CCOC(=O)c1cc(CC)sc1NC(=O)c1ccc(Cn2ccccc2=O)o1. The number of anilines is 1. The molecule has 0 bridgehead atoms. The fourth-order valence-electron chi connectivity index (χ4n) is 2.58. The number of hydrogen-bond acceptors (Lipinski definition) is 6. The third kappa shape index (κ3) is 4.40. The molecule has 0 aliphatic carbocycles. The molecule has 0 aliphatic heterocycles. The third-order valence-corrected chi connectivity index (χ3v) is 5.16. The highest BCUT2D eigenvalue weighted by atomic mass is 32.1. The summed E-state index contributed by atoms with van der Waals surface area (Å²) in [6.45, 7) is 4.17. The predicted molar refractivity (Wildman–Crippen MR) is 106 cm³/mol. The summed E-state index contributed by atoms with van der Waals surface area (Å²) in [5, 5.41) is 3.15. The first-order chi connectivity index (χ1) is 13.5. The number of ether oxygens (including phenoxy) is 1. The van der Waals surface area contributed by atoms with E-state index in [2.05, 4.69) is 5.32 Å². The highest BCUT2D eigenvalue weighted by Crippen LogP contribution is 2.30. The van der Waals surface area contributed by atoms with Crippen molar-refractivity contribution in [1.82, 2.24) is 4.57 Å². The lowest BCUT2D eigenvalue weighted by molar-refractivity contribution is 0.0528. The molecule has 0 spiro atoms. The minimum Gasteiger partial charge on any atom is -0.462 e. The van der Waals surface area contributed by atoms with Crippen LogP contribution in [0.25, 0.3) is 0 Å². The van der Waals surface area contributed by atoms with Gasteiger partial charge in [-0.3, -0.25) is 9.59 Å². The van der Waals surface area contributed by atoms with Crippen molar-refractivity contribution in [2.75, 3.05) is 11.9 Å². The Balaban J connectivity index is 1.76. The van der Waals surface area contributed by atoms with Crippen LogP contribution in [-0.4, -0.2) is 23.1 Å². The Morgan fingerprint density at radius 2 is 2.04 bits per heavy atom. The summed E-state index contributed by atoms with van der Waals surface area (Å²) in [7, 11) is 0. The van der Waals surface area contributed by atoms with E-state index in [4.69, 9.17) is 9.15 Å². The van der Waals surface area contributed by atoms with Crippen LogP contribution in [0, 0.1) is 0 Å². The molecule has 3 heterocycles. The van der Waals surface area contributed by atoms with Crippen molar-refractivity contribution in [1.29, 1.82) is 0 Å². The Morgan fingerprint density at radius 1 is 1.21 bits per heavy atom. The van der Waals surface area contributed by atoms with Gasteiger partial charge in [0.05, 0.1) is 18.7 Å². The molecule has 28 heavy (non-hydrogen) atoms. The Labute approximate surface area is 165 Å². The second kappa shape index (κ2) is 8.71. The molecule has 3 rings (SSSR count). The van der Waals surface area contributed by atoms with Gasteiger partial charge in [-0.05, 0) is 37.6 Å². The highest BCUT2D eigenvalue weighted by molar-refractivity contribution is 7.16. The lowest BCUT2D eigenvalue weighted by atomic mass is 10.2. The molecule has 3 aromatic rings. The number of carbonyl (C=O) groups excluding carboxylic acids is 2. The van der Waals surface area contributed by atoms with Gasteiger partial charge in [-0.1, -0.05) is 13.0 Å². The number of hydrogen-bond donors (Lipinski definition) is 1. The smallest absolute Gasteiger partial charge is 0.341 e. The van der Waals surface area contributed by atoms with Gasteiger partial charge in [0.2, 0.25) is 0 Å². The molecule has 146 valence electrons. The van der Waals surface area contributed by atoms with E-state index < -0.39 is 11.9 Å². The van der Waals surface area contributed by atoms with E-state index >= 15 is 0 Å². The molecule has 0 fully saturated rings. The number of nitrogens with one attached hydrogen (secondary N) is 1. The van der Waals surface area contributed by atoms with Crippen LogP contribution in [0.15, 0.2) is 51.8 Å². The lowest BCUT2D eigenvalue weighted by Crippen LogP contribution is -2.18. The number of carbonyl (C=O) groups is 2. The average Bonchev–Trinajstić information content (AvgIpc) is 3.31. The van der Waals surface area contributed by atoms with Crippen LogP contribution >= 0.6 is 11.3 Å². The van der Waals surface area contributed by atoms with Gasteiger partial charge < -0.3 is 19.0 Å². The molecule has 0 saturated heterocycles. The van der Waals surface area contributed by atoms with Gasteiger partial charge in [0.25, 0.3) is 11.5 Å². The molecule has 0 radical (unpaired) electrons. The maximum Gasteiger partial charge on any atom is 0.341 e. The Kier molecular flexibility index (Phi) is 6.10. The van der Waals surface area contributed by atoms with Crippen LogP contribution < -0.4 is 10.9 Å². The van der Waals surface area contributed by atoms with Crippen LogP contribution in [0.4, 0.5) is 5.00 Å². The molecule has 1 amide bonds. The maximum atomic E-state index is 12.6. The number of nitrogens with zero attached hydrogens (tertiary/aromatic N) is 1. The summed E-state index contributed by atoms with van der Waals surface area (Å²) in [5.74, 6) is -0.372. The number of thiophene rings is 1. The van der Waals surface area contributed by atoms with Gasteiger partial charge in [0.15, 0.2) is 5.76 Å². The number of esters is 1. The summed E-state index contributed by atoms with van der Waals surface area (Å²) < 4.78 is 12.1. The zero-order chi connectivity index (χ0) is 20.1.